The highest BCUT2D eigenvalue weighted by atomic mass is 16.5. The molecule has 0 bridgehead atoms. The second-order valence-corrected chi connectivity index (χ2v) is 5.85. The molecule has 0 heterocycles. The van der Waals surface area contributed by atoms with Gasteiger partial charge in [0.2, 0.25) is 11.8 Å². The second kappa shape index (κ2) is 9.02. The van der Waals surface area contributed by atoms with Gasteiger partial charge in [-0.05, 0) is 43.0 Å². The highest BCUT2D eigenvalue weighted by molar-refractivity contribution is 5.92. The maximum Gasteiger partial charge on any atom is 0.325 e. The van der Waals surface area contributed by atoms with Crippen molar-refractivity contribution in [3.8, 4) is 0 Å². The zero-order valence-corrected chi connectivity index (χ0v) is 13.8. The van der Waals surface area contributed by atoms with Gasteiger partial charge in [-0.2, -0.15) is 0 Å². The largest absolute Gasteiger partial charge is 0.468 e. The zero-order valence-electron chi connectivity index (χ0n) is 13.8. The number of nitrogens with one attached hydrogen (secondary N) is 3. The number of hydrogen-bond donors (Lipinski definition) is 3. The number of ether oxygens (including phenoxy) is 1. The summed E-state index contributed by atoms with van der Waals surface area (Å²) >= 11 is 0. The van der Waals surface area contributed by atoms with Crippen LogP contribution in [0.2, 0.25) is 0 Å². The van der Waals surface area contributed by atoms with Gasteiger partial charge < -0.3 is 20.7 Å². The molecule has 0 radical (unpaired) electrons. The molecule has 0 aromatic heterocycles. The lowest BCUT2D eigenvalue weighted by Gasteiger charge is -2.08. The number of carbonyl (C=O) groups is 3. The highest BCUT2D eigenvalue weighted by Crippen LogP contribution is 2.27. The van der Waals surface area contributed by atoms with Gasteiger partial charge in [-0.15, -0.1) is 0 Å². The molecule has 24 heavy (non-hydrogen) atoms. The van der Waals surface area contributed by atoms with E-state index in [4.69, 9.17) is 0 Å². The molecular weight excluding hydrogens is 310 g/mol. The SMILES string of the molecule is COC(=O)CNC(=O)Cc1ccc(NC(=O)CNCC2CC2)cc1. The maximum absolute atomic E-state index is 11.8. The predicted octanol–water partition coefficient (Wildman–Crippen LogP) is 0.456. The van der Waals surface area contributed by atoms with Crippen LogP contribution in [0, 0.1) is 5.92 Å². The van der Waals surface area contributed by atoms with Crippen molar-refractivity contribution in [3.63, 3.8) is 0 Å². The van der Waals surface area contributed by atoms with Crippen LogP contribution in [-0.4, -0.2) is 44.5 Å². The van der Waals surface area contributed by atoms with E-state index in [1.807, 2.05) is 0 Å². The molecule has 3 N–H and O–H groups in total. The molecule has 2 amide bonds. The van der Waals surface area contributed by atoms with Crippen molar-refractivity contribution in [2.24, 2.45) is 5.92 Å². The molecule has 0 atom stereocenters. The highest BCUT2D eigenvalue weighted by Gasteiger charge is 2.20. The molecule has 2 rings (SSSR count). The van der Waals surface area contributed by atoms with Crippen LogP contribution in [0.3, 0.4) is 0 Å². The molecule has 130 valence electrons. The van der Waals surface area contributed by atoms with Crippen LogP contribution in [0.25, 0.3) is 0 Å². The normalized spacial score (nSPS) is 13.2. The van der Waals surface area contributed by atoms with Gasteiger partial charge in [0, 0.05) is 5.69 Å². The molecule has 1 aromatic rings. The van der Waals surface area contributed by atoms with E-state index < -0.39 is 5.97 Å². The Morgan fingerprint density at radius 1 is 1.08 bits per heavy atom. The summed E-state index contributed by atoms with van der Waals surface area (Å²) in [6.07, 6.45) is 2.67. The minimum Gasteiger partial charge on any atom is -0.468 e. The topological polar surface area (TPSA) is 96.5 Å². The van der Waals surface area contributed by atoms with Crippen LogP contribution in [0.1, 0.15) is 18.4 Å². The first kappa shape index (κ1) is 17.9. The van der Waals surface area contributed by atoms with E-state index >= 15 is 0 Å². The summed E-state index contributed by atoms with van der Waals surface area (Å²) in [7, 11) is 1.27. The van der Waals surface area contributed by atoms with Crippen LogP contribution in [0.15, 0.2) is 24.3 Å². The lowest BCUT2D eigenvalue weighted by Crippen LogP contribution is -2.31. The van der Waals surface area contributed by atoms with Crippen molar-refractivity contribution in [2.75, 3.05) is 32.1 Å². The number of carbonyl (C=O) groups excluding carboxylic acids is 3. The van der Waals surface area contributed by atoms with Crippen molar-refractivity contribution < 1.29 is 19.1 Å². The quantitative estimate of drug-likeness (QED) is 0.571. The lowest BCUT2D eigenvalue weighted by molar-refractivity contribution is -0.141. The standard InChI is InChI=1S/C17H23N3O4/c1-24-17(23)11-19-15(21)8-12-4-6-14(7-5-12)20-16(22)10-18-9-13-2-3-13/h4-7,13,18H,2-3,8-11H2,1H3,(H,19,21)(H,20,22). The van der Waals surface area contributed by atoms with Gasteiger partial charge in [-0.25, -0.2) is 0 Å². The Morgan fingerprint density at radius 2 is 1.79 bits per heavy atom. The van der Waals surface area contributed by atoms with E-state index in [1.54, 1.807) is 24.3 Å². The smallest absolute Gasteiger partial charge is 0.325 e. The Morgan fingerprint density at radius 3 is 2.42 bits per heavy atom. The fourth-order valence-electron chi connectivity index (χ4n) is 2.11. The van der Waals surface area contributed by atoms with Crippen molar-refractivity contribution in [2.45, 2.75) is 19.3 Å². The summed E-state index contributed by atoms with van der Waals surface area (Å²) < 4.78 is 4.45. The Kier molecular flexibility index (Phi) is 6.74. The molecular formula is C17H23N3O4. The fraction of sp³-hybridized carbons (Fsp3) is 0.471. The fourth-order valence-corrected chi connectivity index (χ4v) is 2.11. The Bertz CT molecular complexity index is 582. The summed E-state index contributed by atoms with van der Waals surface area (Å²) in [6.45, 7) is 1.05. The van der Waals surface area contributed by atoms with Gasteiger partial charge >= 0.3 is 5.97 Å². The zero-order chi connectivity index (χ0) is 17.4. The first-order valence-electron chi connectivity index (χ1n) is 8.00. The molecule has 7 heteroatoms. The summed E-state index contributed by atoms with van der Waals surface area (Å²) in [5.74, 6) is -0.0974. The molecule has 1 aromatic carbocycles. The Labute approximate surface area is 141 Å². The molecule has 1 aliphatic carbocycles. The maximum atomic E-state index is 11.8. The van der Waals surface area contributed by atoms with Gasteiger partial charge in [0.05, 0.1) is 20.1 Å². The number of methoxy groups -OCH3 is 1. The molecule has 7 nitrogen and oxygen atoms in total. The Balaban J connectivity index is 1.70. The second-order valence-electron chi connectivity index (χ2n) is 5.85. The van der Waals surface area contributed by atoms with Gasteiger partial charge in [0.1, 0.15) is 6.54 Å². The van der Waals surface area contributed by atoms with Gasteiger partial charge in [-0.3, -0.25) is 14.4 Å². The number of amides is 2. The van der Waals surface area contributed by atoms with Gasteiger partial charge in [0.15, 0.2) is 0 Å². The van der Waals surface area contributed by atoms with E-state index in [-0.39, 0.29) is 24.8 Å². The van der Waals surface area contributed by atoms with Crippen LogP contribution >= 0.6 is 0 Å². The summed E-state index contributed by atoms with van der Waals surface area (Å²) in [4.78, 5) is 34.4. The van der Waals surface area contributed by atoms with Gasteiger partial charge in [0.25, 0.3) is 0 Å². The third kappa shape index (κ3) is 6.78. The first-order valence-corrected chi connectivity index (χ1v) is 8.00. The molecule has 1 aliphatic rings. The minimum absolute atomic E-state index is 0.0841. The average Bonchev–Trinajstić information content (AvgIpc) is 3.38. The Hall–Kier alpha value is -2.41. The van der Waals surface area contributed by atoms with Crippen LogP contribution in [0.4, 0.5) is 5.69 Å². The van der Waals surface area contributed by atoms with Crippen LogP contribution < -0.4 is 16.0 Å². The monoisotopic (exact) mass is 333 g/mol. The van der Waals surface area contributed by atoms with Crippen LogP contribution in [-0.2, 0) is 25.5 Å². The van der Waals surface area contributed by atoms with Crippen molar-refractivity contribution in [1.82, 2.24) is 10.6 Å². The van der Waals surface area contributed by atoms with Crippen molar-refractivity contribution in [1.29, 1.82) is 0 Å². The van der Waals surface area contributed by atoms with E-state index in [0.717, 1.165) is 18.0 Å². The minimum atomic E-state index is -0.489. The third-order valence-electron chi connectivity index (χ3n) is 3.68. The van der Waals surface area contributed by atoms with Crippen LogP contribution in [0.5, 0.6) is 0 Å². The molecule has 0 spiro atoms. The van der Waals surface area contributed by atoms with E-state index in [9.17, 15) is 14.4 Å². The third-order valence-corrected chi connectivity index (χ3v) is 3.68. The van der Waals surface area contributed by atoms with E-state index in [1.165, 1.54) is 20.0 Å². The molecule has 1 saturated carbocycles. The summed E-state index contributed by atoms with van der Waals surface area (Å²) in [5, 5.41) is 8.41. The number of rotatable bonds is 9. The van der Waals surface area contributed by atoms with E-state index in [0.29, 0.717) is 12.2 Å². The number of esters is 1. The summed E-state index contributed by atoms with van der Waals surface area (Å²) in [5.41, 5.74) is 1.48. The molecule has 0 aliphatic heterocycles. The average molecular weight is 333 g/mol. The van der Waals surface area contributed by atoms with Crippen molar-refractivity contribution >= 4 is 23.5 Å². The predicted molar refractivity (Wildman–Crippen MR) is 89.4 cm³/mol. The molecule has 1 fully saturated rings. The number of benzene rings is 1. The number of anilines is 1. The lowest BCUT2D eigenvalue weighted by atomic mass is 10.1. The molecule has 0 saturated heterocycles. The first-order chi connectivity index (χ1) is 11.6. The van der Waals surface area contributed by atoms with Crippen molar-refractivity contribution in [3.05, 3.63) is 29.8 Å². The van der Waals surface area contributed by atoms with E-state index in [2.05, 4.69) is 20.7 Å². The number of hydrogen-bond acceptors (Lipinski definition) is 5. The summed E-state index contributed by atoms with van der Waals surface area (Å²) in [6, 6.07) is 7.04. The van der Waals surface area contributed by atoms with Gasteiger partial charge in [-0.1, -0.05) is 12.1 Å². The molecule has 0 unspecified atom stereocenters.